The number of carbonyl (C=O) groups is 1. The van der Waals surface area contributed by atoms with Crippen LogP contribution in [-0.4, -0.2) is 28.0 Å². The smallest absolute Gasteiger partial charge is 0.262 e. The lowest BCUT2D eigenvalue weighted by Gasteiger charge is -2.16. The van der Waals surface area contributed by atoms with Gasteiger partial charge in [0.25, 0.3) is 10.0 Å². The Labute approximate surface area is 147 Å². The van der Waals surface area contributed by atoms with Crippen LogP contribution in [0.15, 0.2) is 47.4 Å². The second-order valence-corrected chi connectivity index (χ2v) is 7.63. The van der Waals surface area contributed by atoms with Crippen molar-refractivity contribution in [3.63, 3.8) is 0 Å². The highest BCUT2D eigenvalue weighted by atomic mass is 32.2. The van der Waals surface area contributed by atoms with E-state index in [4.69, 9.17) is 4.74 Å². The van der Waals surface area contributed by atoms with Crippen molar-refractivity contribution in [1.29, 1.82) is 0 Å². The van der Waals surface area contributed by atoms with Crippen LogP contribution in [0.3, 0.4) is 0 Å². The summed E-state index contributed by atoms with van der Waals surface area (Å²) in [4.78, 5) is 13.6. The minimum absolute atomic E-state index is 0.0678. The standard InChI is InChI=1S/C18H20N2O4S/c1-13-5-10-17(24-2)16(12-13)19-25(22,23)15-8-6-14(7-9-15)20-11-3-4-18(20)21/h5-10,12,19H,3-4,11H2,1-2H3. The summed E-state index contributed by atoms with van der Waals surface area (Å²) in [5, 5.41) is 0. The number of ether oxygens (including phenoxy) is 1. The Morgan fingerprint density at radius 1 is 1.12 bits per heavy atom. The van der Waals surface area contributed by atoms with E-state index in [1.165, 1.54) is 19.2 Å². The second-order valence-electron chi connectivity index (χ2n) is 5.95. The van der Waals surface area contributed by atoms with Gasteiger partial charge in [-0.1, -0.05) is 6.07 Å². The van der Waals surface area contributed by atoms with E-state index in [0.29, 0.717) is 24.4 Å². The van der Waals surface area contributed by atoms with Crippen molar-refractivity contribution < 1.29 is 17.9 Å². The molecule has 2 aromatic carbocycles. The molecule has 0 bridgehead atoms. The van der Waals surface area contributed by atoms with E-state index in [0.717, 1.165) is 17.7 Å². The summed E-state index contributed by atoms with van der Waals surface area (Å²) in [6, 6.07) is 11.6. The zero-order chi connectivity index (χ0) is 18.0. The maximum atomic E-state index is 12.6. The van der Waals surface area contributed by atoms with Crippen LogP contribution in [0.1, 0.15) is 18.4 Å². The molecular formula is C18H20N2O4S. The maximum absolute atomic E-state index is 12.6. The molecule has 0 aliphatic carbocycles. The largest absolute Gasteiger partial charge is 0.495 e. The van der Waals surface area contributed by atoms with Crippen molar-refractivity contribution in [2.75, 3.05) is 23.3 Å². The number of benzene rings is 2. The third kappa shape index (κ3) is 3.61. The Morgan fingerprint density at radius 2 is 1.84 bits per heavy atom. The fraction of sp³-hybridized carbons (Fsp3) is 0.278. The minimum atomic E-state index is -3.75. The summed E-state index contributed by atoms with van der Waals surface area (Å²) in [6.07, 6.45) is 1.36. The highest BCUT2D eigenvalue weighted by molar-refractivity contribution is 7.92. The number of rotatable bonds is 5. The number of nitrogens with zero attached hydrogens (tertiary/aromatic N) is 1. The Kier molecular flexibility index (Phi) is 4.67. The molecule has 25 heavy (non-hydrogen) atoms. The second kappa shape index (κ2) is 6.76. The average Bonchev–Trinajstić information content (AvgIpc) is 3.01. The first-order valence-electron chi connectivity index (χ1n) is 7.98. The Hall–Kier alpha value is -2.54. The van der Waals surface area contributed by atoms with E-state index >= 15 is 0 Å². The lowest BCUT2D eigenvalue weighted by molar-refractivity contribution is -0.117. The van der Waals surface area contributed by atoms with Gasteiger partial charge in [0.05, 0.1) is 17.7 Å². The fourth-order valence-electron chi connectivity index (χ4n) is 2.83. The van der Waals surface area contributed by atoms with Crippen LogP contribution < -0.4 is 14.4 Å². The van der Waals surface area contributed by atoms with Gasteiger partial charge in [-0.05, 0) is 55.3 Å². The van der Waals surface area contributed by atoms with E-state index in [2.05, 4.69) is 4.72 Å². The van der Waals surface area contributed by atoms with Crippen LogP contribution in [0.4, 0.5) is 11.4 Å². The molecule has 2 aromatic rings. The van der Waals surface area contributed by atoms with Gasteiger partial charge >= 0.3 is 0 Å². The van der Waals surface area contributed by atoms with Crippen LogP contribution in [-0.2, 0) is 14.8 Å². The molecule has 0 aromatic heterocycles. The maximum Gasteiger partial charge on any atom is 0.262 e. The van der Waals surface area contributed by atoms with Crippen LogP contribution in [0.25, 0.3) is 0 Å². The third-order valence-electron chi connectivity index (χ3n) is 4.13. The van der Waals surface area contributed by atoms with Crippen molar-refractivity contribution in [3.05, 3.63) is 48.0 Å². The molecule has 3 rings (SSSR count). The molecule has 0 saturated carbocycles. The fourth-order valence-corrected chi connectivity index (χ4v) is 3.89. The van der Waals surface area contributed by atoms with Crippen LogP contribution >= 0.6 is 0 Å². The van der Waals surface area contributed by atoms with Gasteiger partial charge in [-0.25, -0.2) is 8.42 Å². The van der Waals surface area contributed by atoms with E-state index in [-0.39, 0.29) is 10.8 Å². The van der Waals surface area contributed by atoms with Gasteiger partial charge in [0.1, 0.15) is 5.75 Å². The third-order valence-corrected chi connectivity index (χ3v) is 5.51. The van der Waals surface area contributed by atoms with Crippen molar-refractivity contribution in [2.24, 2.45) is 0 Å². The lowest BCUT2D eigenvalue weighted by atomic mass is 10.2. The van der Waals surface area contributed by atoms with E-state index < -0.39 is 10.0 Å². The van der Waals surface area contributed by atoms with Gasteiger partial charge in [-0.15, -0.1) is 0 Å². The van der Waals surface area contributed by atoms with Gasteiger partial charge in [-0.3, -0.25) is 9.52 Å². The summed E-state index contributed by atoms with van der Waals surface area (Å²) in [5.74, 6) is 0.520. The Morgan fingerprint density at radius 3 is 2.44 bits per heavy atom. The van der Waals surface area contributed by atoms with Crippen LogP contribution in [0, 0.1) is 6.92 Å². The van der Waals surface area contributed by atoms with Crippen LogP contribution in [0.2, 0.25) is 0 Å². The molecular weight excluding hydrogens is 340 g/mol. The molecule has 1 amide bonds. The molecule has 1 heterocycles. The molecule has 1 N–H and O–H groups in total. The molecule has 0 spiro atoms. The van der Waals surface area contributed by atoms with Gasteiger partial charge in [0.2, 0.25) is 5.91 Å². The first kappa shape index (κ1) is 17.3. The monoisotopic (exact) mass is 360 g/mol. The predicted molar refractivity (Wildman–Crippen MR) is 96.6 cm³/mol. The Balaban J connectivity index is 1.85. The zero-order valence-electron chi connectivity index (χ0n) is 14.2. The molecule has 1 fully saturated rings. The zero-order valence-corrected chi connectivity index (χ0v) is 15.0. The minimum Gasteiger partial charge on any atom is -0.495 e. The van der Waals surface area contributed by atoms with Crippen molar-refractivity contribution >= 4 is 27.3 Å². The number of amides is 1. The van der Waals surface area contributed by atoms with Gasteiger partial charge in [0, 0.05) is 18.7 Å². The van der Waals surface area contributed by atoms with Crippen molar-refractivity contribution in [2.45, 2.75) is 24.7 Å². The number of anilines is 2. The summed E-state index contributed by atoms with van der Waals surface area (Å²) in [6.45, 7) is 2.54. The van der Waals surface area contributed by atoms with Crippen molar-refractivity contribution in [3.8, 4) is 5.75 Å². The van der Waals surface area contributed by atoms with E-state index in [1.807, 2.05) is 13.0 Å². The highest BCUT2D eigenvalue weighted by Crippen LogP contribution is 2.29. The van der Waals surface area contributed by atoms with Gasteiger partial charge < -0.3 is 9.64 Å². The van der Waals surface area contributed by atoms with Gasteiger partial charge in [-0.2, -0.15) is 0 Å². The first-order chi connectivity index (χ1) is 11.9. The number of nitrogens with one attached hydrogen (secondary N) is 1. The molecule has 0 radical (unpaired) electrons. The van der Waals surface area contributed by atoms with E-state index in [9.17, 15) is 13.2 Å². The topological polar surface area (TPSA) is 75.7 Å². The number of carbonyl (C=O) groups excluding carboxylic acids is 1. The number of methoxy groups -OCH3 is 1. The average molecular weight is 360 g/mol. The quantitative estimate of drug-likeness (QED) is 0.889. The molecule has 0 atom stereocenters. The molecule has 0 unspecified atom stereocenters. The highest BCUT2D eigenvalue weighted by Gasteiger charge is 2.23. The normalized spacial score (nSPS) is 14.6. The Bertz CT molecular complexity index is 892. The molecule has 1 aliphatic rings. The molecule has 132 valence electrons. The summed E-state index contributed by atoms with van der Waals surface area (Å²) in [7, 11) is -2.26. The van der Waals surface area contributed by atoms with Gasteiger partial charge in [0.15, 0.2) is 0 Å². The summed E-state index contributed by atoms with van der Waals surface area (Å²) >= 11 is 0. The van der Waals surface area contributed by atoms with Crippen LogP contribution in [0.5, 0.6) is 5.75 Å². The first-order valence-corrected chi connectivity index (χ1v) is 9.47. The number of hydrogen-bond donors (Lipinski definition) is 1. The molecule has 1 saturated heterocycles. The number of hydrogen-bond acceptors (Lipinski definition) is 4. The van der Waals surface area contributed by atoms with Crippen molar-refractivity contribution in [1.82, 2.24) is 0 Å². The summed E-state index contributed by atoms with van der Waals surface area (Å²) in [5.41, 5.74) is 2.03. The molecule has 1 aliphatic heterocycles. The molecule has 7 heteroatoms. The number of aryl methyl sites for hydroxylation is 1. The van der Waals surface area contributed by atoms with E-state index in [1.54, 1.807) is 29.2 Å². The molecule has 6 nitrogen and oxygen atoms in total. The summed E-state index contributed by atoms with van der Waals surface area (Å²) < 4.78 is 33.0. The predicted octanol–water partition coefficient (Wildman–Crippen LogP) is 2.93. The number of sulfonamides is 1. The lowest BCUT2D eigenvalue weighted by Crippen LogP contribution is -2.23. The SMILES string of the molecule is COc1ccc(C)cc1NS(=O)(=O)c1ccc(N2CCCC2=O)cc1.